The van der Waals surface area contributed by atoms with E-state index in [-0.39, 0.29) is 18.0 Å². The van der Waals surface area contributed by atoms with Crippen molar-refractivity contribution in [2.75, 3.05) is 0 Å². The quantitative estimate of drug-likeness (QED) is 0.689. The highest BCUT2D eigenvalue weighted by atomic mass is 16.1. The molecule has 0 aromatic carbocycles. The SMILES string of the molecule is Cc1[nH]ncc1C(=O)NC1CCCCC1N. The minimum atomic E-state index is -0.0754. The van der Waals surface area contributed by atoms with Crippen molar-refractivity contribution >= 4 is 5.91 Å². The summed E-state index contributed by atoms with van der Waals surface area (Å²) in [4.78, 5) is 11.9. The highest BCUT2D eigenvalue weighted by molar-refractivity contribution is 5.95. The first kappa shape index (κ1) is 11.1. The number of amides is 1. The maximum atomic E-state index is 11.9. The molecule has 88 valence electrons. The van der Waals surface area contributed by atoms with Crippen molar-refractivity contribution < 1.29 is 4.79 Å². The summed E-state index contributed by atoms with van der Waals surface area (Å²) in [7, 11) is 0. The molecule has 1 aromatic heterocycles. The fourth-order valence-electron chi connectivity index (χ4n) is 2.16. The highest BCUT2D eigenvalue weighted by Crippen LogP contribution is 2.17. The van der Waals surface area contributed by atoms with Crippen molar-refractivity contribution in [3.63, 3.8) is 0 Å². The van der Waals surface area contributed by atoms with Crippen LogP contribution in [0.1, 0.15) is 41.7 Å². The zero-order valence-electron chi connectivity index (χ0n) is 9.49. The van der Waals surface area contributed by atoms with Crippen LogP contribution in [-0.2, 0) is 0 Å². The topological polar surface area (TPSA) is 83.8 Å². The van der Waals surface area contributed by atoms with Crippen molar-refractivity contribution in [3.05, 3.63) is 17.5 Å². The van der Waals surface area contributed by atoms with Crippen molar-refractivity contribution in [2.45, 2.75) is 44.7 Å². The van der Waals surface area contributed by atoms with E-state index in [1.54, 1.807) is 6.20 Å². The monoisotopic (exact) mass is 222 g/mol. The van der Waals surface area contributed by atoms with Gasteiger partial charge in [0.1, 0.15) is 0 Å². The molecule has 1 aliphatic rings. The summed E-state index contributed by atoms with van der Waals surface area (Å²) < 4.78 is 0. The van der Waals surface area contributed by atoms with Gasteiger partial charge < -0.3 is 11.1 Å². The molecular weight excluding hydrogens is 204 g/mol. The van der Waals surface area contributed by atoms with Gasteiger partial charge in [0.25, 0.3) is 5.91 Å². The van der Waals surface area contributed by atoms with Gasteiger partial charge in [-0.15, -0.1) is 0 Å². The Kier molecular flexibility index (Phi) is 3.24. The zero-order chi connectivity index (χ0) is 11.5. The zero-order valence-corrected chi connectivity index (χ0v) is 9.49. The average molecular weight is 222 g/mol. The Balaban J connectivity index is 1.99. The summed E-state index contributed by atoms with van der Waals surface area (Å²) in [6.07, 6.45) is 5.83. The summed E-state index contributed by atoms with van der Waals surface area (Å²) in [5.41, 5.74) is 7.38. The first-order chi connectivity index (χ1) is 7.68. The van der Waals surface area contributed by atoms with Crippen LogP contribution in [0.4, 0.5) is 0 Å². The van der Waals surface area contributed by atoms with Crippen LogP contribution in [0.2, 0.25) is 0 Å². The molecule has 1 saturated carbocycles. The number of rotatable bonds is 2. The Hall–Kier alpha value is -1.36. The molecule has 2 atom stereocenters. The lowest BCUT2D eigenvalue weighted by Gasteiger charge is -2.29. The van der Waals surface area contributed by atoms with Crippen LogP contribution in [0.5, 0.6) is 0 Å². The molecule has 5 nitrogen and oxygen atoms in total. The van der Waals surface area contributed by atoms with Gasteiger partial charge in [0.15, 0.2) is 0 Å². The van der Waals surface area contributed by atoms with Gasteiger partial charge in [-0.2, -0.15) is 5.10 Å². The summed E-state index contributed by atoms with van der Waals surface area (Å²) in [6.45, 7) is 1.84. The second kappa shape index (κ2) is 4.65. The van der Waals surface area contributed by atoms with Crippen molar-refractivity contribution in [2.24, 2.45) is 5.73 Å². The highest BCUT2D eigenvalue weighted by Gasteiger charge is 2.24. The third kappa shape index (κ3) is 2.24. The number of aryl methyl sites for hydroxylation is 1. The van der Waals surface area contributed by atoms with Gasteiger partial charge in [-0.1, -0.05) is 12.8 Å². The maximum Gasteiger partial charge on any atom is 0.255 e. The molecule has 0 radical (unpaired) electrons. The lowest BCUT2D eigenvalue weighted by atomic mass is 9.91. The van der Waals surface area contributed by atoms with Gasteiger partial charge in [0, 0.05) is 17.8 Å². The molecule has 0 spiro atoms. The number of nitrogens with one attached hydrogen (secondary N) is 2. The van der Waals surface area contributed by atoms with E-state index in [1.165, 1.54) is 0 Å². The summed E-state index contributed by atoms with van der Waals surface area (Å²) in [5.74, 6) is -0.0754. The summed E-state index contributed by atoms with van der Waals surface area (Å²) >= 11 is 0. The predicted molar refractivity (Wildman–Crippen MR) is 61.0 cm³/mol. The van der Waals surface area contributed by atoms with Gasteiger partial charge in [0.2, 0.25) is 0 Å². The number of hydrogen-bond donors (Lipinski definition) is 3. The number of aromatic amines is 1. The standard InChI is InChI=1S/C11H18N4O/c1-7-8(6-13-15-7)11(16)14-10-5-3-2-4-9(10)12/h6,9-10H,2-5,12H2,1H3,(H,13,15)(H,14,16). The van der Waals surface area contributed by atoms with E-state index in [9.17, 15) is 4.79 Å². The van der Waals surface area contributed by atoms with Crippen LogP contribution >= 0.6 is 0 Å². The van der Waals surface area contributed by atoms with E-state index in [2.05, 4.69) is 15.5 Å². The van der Waals surface area contributed by atoms with Crippen LogP contribution in [0.15, 0.2) is 6.20 Å². The van der Waals surface area contributed by atoms with Gasteiger partial charge in [-0.25, -0.2) is 0 Å². The fourth-order valence-corrected chi connectivity index (χ4v) is 2.16. The molecule has 2 rings (SSSR count). The minimum Gasteiger partial charge on any atom is -0.348 e. The second-order valence-electron chi connectivity index (χ2n) is 4.44. The van der Waals surface area contributed by atoms with Gasteiger partial charge >= 0.3 is 0 Å². The normalized spacial score (nSPS) is 25.4. The van der Waals surface area contributed by atoms with E-state index in [4.69, 9.17) is 5.73 Å². The number of nitrogens with two attached hydrogens (primary N) is 1. The fraction of sp³-hybridized carbons (Fsp3) is 0.636. The smallest absolute Gasteiger partial charge is 0.255 e. The third-order valence-corrected chi connectivity index (χ3v) is 3.21. The molecule has 0 bridgehead atoms. The van der Waals surface area contributed by atoms with Gasteiger partial charge in [-0.3, -0.25) is 9.89 Å². The Morgan fingerprint density at radius 2 is 2.31 bits per heavy atom. The first-order valence-corrected chi connectivity index (χ1v) is 5.75. The second-order valence-corrected chi connectivity index (χ2v) is 4.44. The molecule has 16 heavy (non-hydrogen) atoms. The van der Waals surface area contributed by atoms with E-state index >= 15 is 0 Å². The number of H-pyrrole nitrogens is 1. The van der Waals surface area contributed by atoms with Gasteiger partial charge in [0.05, 0.1) is 11.8 Å². The van der Waals surface area contributed by atoms with Crippen molar-refractivity contribution in [1.82, 2.24) is 15.5 Å². The van der Waals surface area contributed by atoms with Crippen molar-refractivity contribution in [1.29, 1.82) is 0 Å². The van der Waals surface area contributed by atoms with Crippen molar-refractivity contribution in [3.8, 4) is 0 Å². The van der Waals surface area contributed by atoms with Crippen LogP contribution in [0.3, 0.4) is 0 Å². The molecule has 1 aliphatic carbocycles. The van der Waals surface area contributed by atoms with Crippen LogP contribution in [-0.4, -0.2) is 28.2 Å². The molecule has 4 N–H and O–H groups in total. The predicted octanol–water partition coefficient (Wildman–Crippen LogP) is 0.718. The lowest BCUT2D eigenvalue weighted by molar-refractivity contribution is 0.0920. The number of hydrogen-bond acceptors (Lipinski definition) is 3. The average Bonchev–Trinajstić information content (AvgIpc) is 2.68. The first-order valence-electron chi connectivity index (χ1n) is 5.75. The number of carbonyl (C=O) groups is 1. The van der Waals surface area contributed by atoms with Crippen LogP contribution in [0.25, 0.3) is 0 Å². The Labute approximate surface area is 94.8 Å². The Morgan fingerprint density at radius 3 is 2.94 bits per heavy atom. The van der Waals surface area contributed by atoms with E-state index in [1.807, 2.05) is 6.92 Å². The molecule has 1 amide bonds. The minimum absolute atomic E-state index is 0.0754. The lowest BCUT2D eigenvalue weighted by Crippen LogP contribution is -2.49. The van der Waals surface area contributed by atoms with E-state index in [0.717, 1.165) is 31.4 Å². The summed E-state index contributed by atoms with van der Waals surface area (Å²) in [6, 6.07) is 0.195. The molecule has 1 heterocycles. The molecule has 5 heteroatoms. The largest absolute Gasteiger partial charge is 0.348 e. The molecule has 0 aliphatic heterocycles. The molecule has 2 unspecified atom stereocenters. The van der Waals surface area contributed by atoms with Crippen LogP contribution in [0, 0.1) is 6.92 Å². The van der Waals surface area contributed by atoms with Crippen LogP contribution < -0.4 is 11.1 Å². The molecule has 1 aromatic rings. The Bertz CT molecular complexity index is 374. The summed E-state index contributed by atoms with van der Waals surface area (Å²) in [5, 5.41) is 9.58. The van der Waals surface area contributed by atoms with Gasteiger partial charge in [-0.05, 0) is 19.8 Å². The number of nitrogens with zero attached hydrogens (tertiary/aromatic N) is 1. The number of carbonyl (C=O) groups excluding carboxylic acids is 1. The molecular formula is C11H18N4O. The Morgan fingerprint density at radius 1 is 1.56 bits per heavy atom. The van der Waals surface area contributed by atoms with E-state index < -0.39 is 0 Å². The third-order valence-electron chi connectivity index (χ3n) is 3.21. The van der Waals surface area contributed by atoms with E-state index in [0.29, 0.717) is 5.56 Å². The number of aromatic nitrogens is 2. The molecule has 1 fully saturated rings. The maximum absolute atomic E-state index is 11.9. The molecule has 0 saturated heterocycles.